The molecule has 1 aliphatic carbocycles. The number of halogens is 1. The van der Waals surface area contributed by atoms with Crippen molar-refractivity contribution in [3.05, 3.63) is 51.3 Å². The summed E-state index contributed by atoms with van der Waals surface area (Å²) in [5, 5.41) is 12.5. The molecule has 2 aliphatic rings. The highest BCUT2D eigenvalue weighted by molar-refractivity contribution is 6.36. The third-order valence-electron chi connectivity index (χ3n) is 5.08. The van der Waals surface area contributed by atoms with Crippen LogP contribution in [0.1, 0.15) is 47.3 Å². The van der Waals surface area contributed by atoms with Crippen LogP contribution >= 0.6 is 11.6 Å². The summed E-state index contributed by atoms with van der Waals surface area (Å²) in [4.78, 5) is 26.9. The second kappa shape index (κ2) is 6.65. The summed E-state index contributed by atoms with van der Waals surface area (Å²) in [5.41, 5.74) is 6.40. The largest absolute Gasteiger partial charge is 0.481 e. The second-order valence-corrected chi connectivity index (χ2v) is 7.21. The lowest BCUT2D eigenvalue weighted by Gasteiger charge is -2.12. The molecule has 2 aromatic rings. The van der Waals surface area contributed by atoms with Gasteiger partial charge in [0.05, 0.1) is 11.3 Å². The predicted molar refractivity (Wildman–Crippen MR) is 101 cm³/mol. The fourth-order valence-corrected chi connectivity index (χ4v) is 4.04. The molecular formula is C20H19ClN2O3. The zero-order valence-corrected chi connectivity index (χ0v) is 14.9. The lowest BCUT2D eigenvalue weighted by atomic mass is 9.92. The van der Waals surface area contributed by atoms with E-state index in [1.807, 2.05) is 12.1 Å². The molecule has 0 fully saturated rings. The van der Waals surface area contributed by atoms with Crippen molar-refractivity contribution in [2.24, 2.45) is 0 Å². The molecule has 1 amide bonds. The summed E-state index contributed by atoms with van der Waals surface area (Å²) in [5.74, 6) is -0.980. The maximum absolute atomic E-state index is 12.4. The molecule has 1 aliphatic heterocycles. The summed E-state index contributed by atoms with van der Waals surface area (Å²) in [6.45, 7) is 0. The molecule has 0 spiro atoms. The number of aromatic amines is 1. The highest BCUT2D eigenvalue weighted by atomic mass is 35.5. The zero-order chi connectivity index (χ0) is 18.3. The number of carboxylic acid groups (broad SMARTS) is 1. The van der Waals surface area contributed by atoms with E-state index in [0.717, 1.165) is 42.5 Å². The van der Waals surface area contributed by atoms with Gasteiger partial charge in [0.2, 0.25) is 0 Å². The third kappa shape index (κ3) is 3.03. The Morgan fingerprint density at radius 2 is 2.08 bits per heavy atom. The van der Waals surface area contributed by atoms with Crippen molar-refractivity contribution in [3.63, 3.8) is 0 Å². The van der Waals surface area contributed by atoms with E-state index in [1.165, 1.54) is 11.3 Å². The Kier molecular flexibility index (Phi) is 4.32. The van der Waals surface area contributed by atoms with Crippen LogP contribution in [0.25, 0.3) is 11.6 Å². The van der Waals surface area contributed by atoms with E-state index in [9.17, 15) is 9.59 Å². The Bertz CT molecular complexity index is 943. The predicted octanol–water partition coefficient (Wildman–Crippen LogP) is 4.06. The maximum Gasteiger partial charge on any atom is 0.303 e. The summed E-state index contributed by atoms with van der Waals surface area (Å²) in [6.07, 6.45) is 6.57. The van der Waals surface area contributed by atoms with Crippen molar-refractivity contribution in [2.45, 2.75) is 38.5 Å². The first-order chi connectivity index (χ1) is 12.5. The minimum atomic E-state index is -0.812. The minimum Gasteiger partial charge on any atom is -0.481 e. The lowest BCUT2D eigenvalue weighted by molar-refractivity contribution is -0.137. The van der Waals surface area contributed by atoms with E-state index in [2.05, 4.69) is 10.3 Å². The molecule has 4 rings (SSSR count). The molecule has 0 saturated carbocycles. The fraction of sp³-hybridized carbons (Fsp3) is 0.300. The topological polar surface area (TPSA) is 82.2 Å². The highest BCUT2D eigenvalue weighted by Crippen LogP contribution is 2.36. The third-order valence-corrected chi connectivity index (χ3v) is 5.32. The number of hydrogen-bond donors (Lipinski definition) is 3. The number of nitrogens with one attached hydrogen (secondary N) is 2. The fourth-order valence-electron chi connectivity index (χ4n) is 3.87. The first-order valence-corrected chi connectivity index (χ1v) is 9.18. The molecule has 0 radical (unpaired) electrons. The number of aryl methyl sites for hydroxylation is 1. The minimum absolute atomic E-state index is 0.0822. The normalized spacial score (nSPS) is 17.1. The van der Waals surface area contributed by atoms with Crippen LogP contribution < -0.4 is 5.32 Å². The quantitative estimate of drug-likeness (QED) is 0.710. The van der Waals surface area contributed by atoms with Gasteiger partial charge in [0.25, 0.3) is 5.91 Å². The number of benzene rings is 1. The van der Waals surface area contributed by atoms with Crippen LogP contribution in [0.5, 0.6) is 0 Å². The van der Waals surface area contributed by atoms with Crippen LogP contribution in [0.3, 0.4) is 0 Å². The molecule has 6 heteroatoms. The molecule has 5 nitrogen and oxygen atoms in total. The van der Waals surface area contributed by atoms with Crippen LogP contribution in [0, 0.1) is 0 Å². The second-order valence-electron chi connectivity index (χ2n) is 6.78. The number of anilines is 1. The first-order valence-electron chi connectivity index (χ1n) is 8.80. The monoisotopic (exact) mass is 370 g/mol. The van der Waals surface area contributed by atoms with Gasteiger partial charge in [-0.3, -0.25) is 9.59 Å². The van der Waals surface area contributed by atoms with Crippen LogP contribution in [0.2, 0.25) is 5.02 Å². The standard InChI is InChI=1S/C20H19ClN2O3/c21-11-5-6-14-15(20(26)23-17(14)9-11)10-18-13(7-8-19(24)25)12-3-1-2-4-16(12)22-18/h5-6,9-10,22H,1-4,7-8H2,(H,23,26)(H,24,25)/b15-10-. The van der Waals surface area contributed by atoms with Crippen LogP contribution in [-0.4, -0.2) is 22.0 Å². The van der Waals surface area contributed by atoms with Crippen molar-refractivity contribution >= 4 is 40.8 Å². The summed E-state index contributed by atoms with van der Waals surface area (Å²) >= 11 is 6.01. The Labute approximate surface area is 156 Å². The van der Waals surface area contributed by atoms with E-state index in [1.54, 1.807) is 12.1 Å². The average molecular weight is 371 g/mol. The van der Waals surface area contributed by atoms with Crippen LogP contribution in [0.15, 0.2) is 18.2 Å². The summed E-state index contributed by atoms with van der Waals surface area (Å²) < 4.78 is 0. The van der Waals surface area contributed by atoms with Crippen molar-refractivity contribution in [2.75, 3.05) is 5.32 Å². The number of aliphatic carboxylic acids is 1. The van der Waals surface area contributed by atoms with Crippen molar-refractivity contribution in [1.29, 1.82) is 0 Å². The first kappa shape index (κ1) is 16.9. The van der Waals surface area contributed by atoms with Crippen molar-refractivity contribution in [1.82, 2.24) is 4.98 Å². The van der Waals surface area contributed by atoms with Gasteiger partial charge in [-0.05, 0) is 61.4 Å². The smallest absolute Gasteiger partial charge is 0.303 e. The molecule has 134 valence electrons. The van der Waals surface area contributed by atoms with E-state index >= 15 is 0 Å². The van der Waals surface area contributed by atoms with E-state index in [4.69, 9.17) is 16.7 Å². The molecular weight excluding hydrogens is 352 g/mol. The van der Waals surface area contributed by atoms with Crippen LogP contribution in [0.4, 0.5) is 5.69 Å². The molecule has 3 N–H and O–H groups in total. The van der Waals surface area contributed by atoms with Gasteiger partial charge < -0.3 is 15.4 Å². The Morgan fingerprint density at radius 3 is 2.88 bits per heavy atom. The molecule has 0 atom stereocenters. The van der Waals surface area contributed by atoms with E-state index in [-0.39, 0.29) is 12.3 Å². The summed E-state index contributed by atoms with van der Waals surface area (Å²) in [6, 6.07) is 5.33. The van der Waals surface area contributed by atoms with Gasteiger partial charge in [-0.15, -0.1) is 0 Å². The van der Waals surface area contributed by atoms with Gasteiger partial charge in [0, 0.05) is 28.4 Å². The Morgan fingerprint density at radius 1 is 1.27 bits per heavy atom. The SMILES string of the molecule is O=C(O)CCc1c(/C=C2\C(=O)Nc3cc(Cl)ccc32)[nH]c2c1CCCC2. The zero-order valence-electron chi connectivity index (χ0n) is 14.2. The maximum atomic E-state index is 12.4. The average Bonchev–Trinajstić information content (AvgIpc) is 3.10. The van der Waals surface area contributed by atoms with Crippen molar-refractivity contribution in [3.8, 4) is 0 Å². The number of carbonyl (C=O) groups is 2. The number of amides is 1. The molecule has 0 bridgehead atoms. The molecule has 1 aromatic heterocycles. The van der Waals surface area contributed by atoms with Crippen molar-refractivity contribution < 1.29 is 14.7 Å². The van der Waals surface area contributed by atoms with E-state index < -0.39 is 5.97 Å². The Hall–Kier alpha value is -2.53. The number of fused-ring (bicyclic) bond motifs is 2. The highest BCUT2D eigenvalue weighted by Gasteiger charge is 2.26. The Balaban J connectivity index is 1.78. The van der Waals surface area contributed by atoms with Crippen LogP contribution in [-0.2, 0) is 28.9 Å². The molecule has 0 saturated heterocycles. The lowest BCUT2D eigenvalue weighted by Crippen LogP contribution is -2.05. The van der Waals surface area contributed by atoms with Gasteiger partial charge in [-0.1, -0.05) is 17.7 Å². The van der Waals surface area contributed by atoms with Gasteiger partial charge in [-0.2, -0.15) is 0 Å². The number of H-pyrrole nitrogens is 1. The number of carboxylic acids is 1. The molecule has 2 heterocycles. The summed E-state index contributed by atoms with van der Waals surface area (Å²) in [7, 11) is 0. The number of aromatic nitrogens is 1. The molecule has 0 unspecified atom stereocenters. The number of hydrogen-bond acceptors (Lipinski definition) is 2. The van der Waals surface area contributed by atoms with E-state index in [0.29, 0.717) is 22.7 Å². The van der Waals surface area contributed by atoms with Gasteiger partial charge in [0.15, 0.2) is 0 Å². The molecule has 1 aromatic carbocycles. The molecule has 26 heavy (non-hydrogen) atoms. The van der Waals surface area contributed by atoms with Gasteiger partial charge in [0.1, 0.15) is 0 Å². The van der Waals surface area contributed by atoms with Gasteiger partial charge >= 0.3 is 5.97 Å². The number of rotatable bonds is 4. The number of carbonyl (C=O) groups excluding carboxylic acids is 1. The van der Waals surface area contributed by atoms with Gasteiger partial charge in [-0.25, -0.2) is 0 Å².